The van der Waals surface area contributed by atoms with Gasteiger partial charge in [-0.1, -0.05) is 37.5 Å². The van der Waals surface area contributed by atoms with E-state index in [2.05, 4.69) is 6.07 Å². The van der Waals surface area contributed by atoms with Gasteiger partial charge >= 0.3 is 18.2 Å². The minimum absolute atomic E-state index is 0.144. The first-order valence-corrected chi connectivity index (χ1v) is 12.5. The molecule has 0 atom stereocenters. The summed E-state index contributed by atoms with van der Waals surface area (Å²) in [4.78, 5) is 28.9. The lowest BCUT2D eigenvalue weighted by molar-refractivity contribution is -0.147. The molecule has 2 aromatic carbocycles. The summed E-state index contributed by atoms with van der Waals surface area (Å²) in [6.45, 7) is 1.36. The largest absolute Gasteiger partial charge is 0.481 e. The Labute approximate surface area is 208 Å². The normalized spacial score (nSPS) is 20.1. The number of benzene rings is 2. The van der Waals surface area contributed by atoms with Gasteiger partial charge in [-0.2, -0.15) is 13.2 Å². The second kappa shape index (κ2) is 9.76. The zero-order valence-corrected chi connectivity index (χ0v) is 20.0. The summed E-state index contributed by atoms with van der Waals surface area (Å²) >= 11 is 0. The van der Waals surface area contributed by atoms with Gasteiger partial charge in [0.15, 0.2) is 0 Å². The number of carbonyl (C=O) groups is 2. The number of alkyl halides is 3. The highest BCUT2D eigenvalue weighted by molar-refractivity contribution is 6.06. The molecule has 36 heavy (non-hydrogen) atoms. The first-order chi connectivity index (χ1) is 17.2. The minimum Gasteiger partial charge on any atom is -0.481 e. The molecule has 3 fully saturated rings. The number of halogens is 3. The van der Waals surface area contributed by atoms with E-state index in [1.807, 2.05) is 18.2 Å². The molecule has 2 amide bonds. The highest BCUT2D eigenvalue weighted by Crippen LogP contribution is 2.40. The molecule has 2 heterocycles. The first kappa shape index (κ1) is 24.6. The predicted octanol–water partition coefficient (Wildman–Crippen LogP) is 5.72. The van der Waals surface area contributed by atoms with Crippen LogP contribution in [-0.4, -0.2) is 48.2 Å². The fourth-order valence-corrected chi connectivity index (χ4v) is 5.64. The molecule has 0 unspecified atom stereocenters. The molecule has 5 rings (SSSR count). The summed E-state index contributed by atoms with van der Waals surface area (Å²) in [5.74, 6) is -0.899. The number of carbonyl (C=O) groups excluding carboxylic acids is 1. The number of carboxylic acid groups (broad SMARTS) is 1. The molecule has 1 N–H and O–H groups in total. The Kier molecular flexibility index (Phi) is 6.68. The summed E-state index contributed by atoms with van der Waals surface area (Å²) in [7, 11) is 0. The molecule has 0 radical (unpaired) electrons. The van der Waals surface area contributed by atoms with Crippen LogP contribution >= 0.6 is 0 Å². The zero-order chi connectivity index (χ0) is 25.4. The molecular weight excluding hydrogens is 471 g/mol. The predicted molar refractivity (Wildman–Crippen MR) is 130 cm³/mol. The lowest BCUT2D eigenvalue weighted by Crippen LogP contribution is -2.49. The SMILES string of the molecule is O=C(O)C1CN(Cc2ccc(N3CCN(c4cccc(C5CCCCC5)c4)C3=O)c(C(F)(F)F)c2)C1. The van der Waals surface area contributed by atoms with Gasteiger partial charge in [-0.05, 0) is 54.2 Å². The van der Waals surface area contributed by atoms with E-state index in [4.69, 9.17) is 5.11 Å². The molecule has 1 saturated carbocycles. The van der Waals surface area contributed by atoms with Gasteiger partial charge in [0.1, 0.15) is 0 Å². The lowest BCUT2D eigenvalue weighted by atomic mass is 9.84. The Balaban J connectivity index is 1.34. The number of carboxylic acids is 1. The zero-order valence-electron chi connectivity index (χ0n) is 20.0. The van der Waals surface area contributed by atoms with Crippen molar-refractivity contribution < 1.29 is 27.9 Å². The number of rotatable bonds is 6. The molecule has 2 saturated heterocycles. The van der Waals surface area contributed by atoms with Crippen LogP contribution in [0.3, 0.4) is 0 Å². The van der Waals surface area contributed by atoms with Gasteiger partial charge in [0, 0.05) is 38.4 Å². The van der Waals surface area contributed by atoms with Crippen LogP contribution in [0.25, 0.3) is 0 Å². The topological polar surface area (TPSA) is 64.1 Å². The molecule has 9 heteroatoms. The number of hydrogen-bond acceptors (Lipinski definition) is 3. The molecule has 2 aromatic rings. The molecular formula is C27H30F3N3O3. The standard InChI is InChI=1S/C27H30F3N3O3/c28-27(29,30)23-13-18(15-31-16-21(17-31)25(34)35)9-10-24(23)33-12-11-32(26(33)36)22-8-4-7-20(14-22)19-5-2-1-3-6-19/h4,7-10,13-14,19,21H,1-3,5-6,11-12,15-17H2,(H,34,35). The van der Waals surface area contributed by atoms with E-state index in [9.17, 15) is 22.8 Å². The maximum atomic E-state index is 14.0. The van der Waals surface area contributed by atoms with E-state index >= 15 is 0 Å². The summed E-state index contributed by atoms with van der Waals surface area (Å²) in [6.07, 6.45) is 1.26. The summed E-state index contributed by atoms with van der Waals surface area (Å²) in [6, 6.07) is 11.5. The Bertz CT molecular complexity index is 1140. The summed E-state index contributed by atoms with van der Waals surface area (Å²) < 4.78 is 42.1. The maximum Gasteiger partial charge on any atom is 0.418 e. The van der Waals surface area contributed by atoms with Crippen molar-refractivity contribution in [3.63, 3.8) is 0 Å². The van der Waals surface area contributed by atoms with Crippen LogP contribution in [0.4, 0.5) is 29.3 Å². The monoisotopic (exact) mass is 501 g/mol. The van der Waals surface area contributed by atoms with Crippen molar-refractivity contribution in [2.75, 3.05) is 36.0 Å². The van der Waals surface area contributed by atoms with Crippen LogP contribution in [0.2, 0.25) is 0 Å². The van der Waals surface area contributed by atoms with Crippen molar-refractivity contribution in [1.82, 2.24) is 4.90 Å². The molecule has 0 aromatic heterocycles. The third kappa shape index (κ3) is 4.93. The van der Waals surface area contributed by atoms with Crippen LogP contribution in [-0.2, 0) is 17.5 Å². The highest BCUT2D eigenvalue weighted by atomic mass is 19.4. The van der Waals surface area contributed by atoms with E-state index in [1.54, 1.807) is 15.9 Å². The first-order valence-electron chi connectivity index (χ1n) is 12.5. The molecule has 192 valence electrons. The number of nitrogens with zero attached hydrogens (tertiary/aromatic N) is 3. The average molecular weight is 502 g/mol. The van der Waals surface area contributed by atoms with Crippen molar-refractivity contribution in [1.29, 1.82) is 0 Å². The van der Waals surface area contributed by atoms with Crippen molar-refractivity contribution in [3.05, 3.63) is 59.2 Å². The number of aliphatic carboxylic acids is 1. The quantitative estimate of drug-likeness (QED) is 0.550. The number of likely N-dealkylation sites (tertiary alicyclic amines) is 1. The van der Waals surface area contributed by atoms with Crippen molar-refractivity contribution >= 4 is 23.4 Å². The number of hydrogen-bond donors (Lipinski definition) is 1. The van der Waals surface area contributed by atoms with E-state index in [-0.39, 0.29) is 18.8 Å². The number of amides is 2. The van der Waals surface area contributed by atoms with Gasteiger partial charge in [-0.25, -0.2) is 4.79 Å². The van der Waals surface area contributed by atoms with Crippen molar-refractivity contribution in [3.8, 4) is 0 Å². The maximum absolute atomic E-state index is 14.0. The van der Waals surface area contributed by atoms with Gasteiger partial charge in [-0.15, -0.1) is 0 Å². The average Bonchev–Trinajstić information content (AvgIpc) is 3.22. The lowest BCUT2D eigenvalue weighted by Gasteiger charge is -2.36. The van der Waals surface area contributed by atoms with Crippen molar-refractivity contribution in [2.45, 2.75) is 50.7 Å². The third-order valence-corrected chi connectivity index (χ3v) is 7.64. The second-order valence-electron chi connectivity index (χ2n) is 10.1. The minimum atomic E-state index is -4.63. The van der Waals surface area contributed by atoms with Gasteiger partial charge in [0.05, 0.1) is 17.2 Å². The fraction of sp³-hybridized carbons (Fsp3) is 0.481. The molecule has 2 aliphatic heterocycles. The van der Waals surface area contributed by atoms with Gasteiger partial charge < -0.3 is 5.11 Å². The molecule has 0 spiro atoms. The van der Waals surface area contributed by atoms with Crippen LogP contribution in [0.1, 0.15) is 54.7 Å². The van der Waals surface area contributed by atoms with Crippen LogP contribution < -0.4 is 9.80 Å². The Hall–Kier alpha value is -3.07. The highest BCUT2D eigenvalue weighted by Gasteiger charge is 2.40. The van der Waals surface area contributed by atoms with Gasteiger partial charge in [0.25, 0.3) is 0 Å². The Morgan fingerprint density at radius 1 is 0.972 bits per heavy atom. The number of anilines is 2. The molecule has 3 aliphatic rings. The van der Waals surface area contributed by atoms with Gasteiger partial charge in [0.2, 0.25) is 0 Å². The molecule has 6 nitrogen and oxygen atoms in total. The Morgan fingerprint density at radius 2 is 1.69 bits per heavy atom. The van der Waals surface area contributed by atoms with E-state index in [0.29, 0.717) is 31.1 Å². The van der Waals surface area contributed by atoms with Crippen molar-refractivity contribution in [2.24, 2.45) is 5.92 Å². The second-order valence-corrected chi connectivity index (χ2v) is 10.1. The smallest absolute Gasteiger partial charge is 0.418 e. The van der Waals surface area contributed by atoms with E-state index in [0.717, 1.165) is 24.6 Å². The molecule has 0 bridgehead atoms. The summed E-state index contributed by atoms with van der Waals surface area (Å²) in [5.41, 5.74) is 1.37. The fourth-order valence-electron chi connectivity index (χ4n) is 5.64. The van der Waals surface area contributed by atoms with E-state index < -0.39 is 29.7 Å². The van der Waals surface area contributed by atoms with Crippen LogP contribution in [0.5, 0.6) is 0 Å². The number of urea groups is 1. The summed E-state index contributed by atoms with van der Waals surface area (Å²) in [5, 5.41) is 9.02. The third-order valence-electron chi connectivity index (χ3n) is 7.64. The van der Waals surface area contributed by atoms with E-state index in [1.165, 1.54) is 35.8 Å². The van der Waals surface area contributed by atoms with Gasteiger partial charge in [-0.3, -0.25) is 19.5 Å². The van der Waals surface area contributed by atoms with Crippen LogP contribution in [0, 0.1) is 5.92 Å². The molecule has 1 aliphatic carbocycles. The Morgan fingerprint density at radius 3 is 2.39 bits per heavy atom. The van der Waals surface area contributed by atoms with Crippen LogP contribution in [0.15, 0.2) is 42.5 Å².